The molecule has 0 bridgehead atoms. The molecular weight excluding hydrogens is 398 g/mol. The third-order valence-electron chi connectivity index (χ3n) is 4.97. The molecule has 1 aliphatic rings. The minimum atomic E-state index is -0.561. The number of hydrogen-bond acceptors (Lipinski definition) is 6. The third-order valence-corrected chi connectivity index (χ3v) is 5.27. The van der Waals surface area contributed by atoms with Gasteiger partial charge in [-0.1, -0.05) is 23.7 Å². The van der Waals surface area contributed by atoms with Crippen molar-refractivity contribution in [3.05, 3.63) is 52.5 Å². The maximum absolute atomic E-state index is 13.1. The van der Waals surface area contributed by atoms with Crippen molar-refractivity contribution in [1.29, 1.82) is 0 Å². The molecular formula is C21H24ClNO6. The van der Waals surface area contributed by atoms with Crippen molar-refractivity contribution in [2.24, 2.45) is 0 Å². The number of aromatic hydroxyl groups is 1. The van der Waals surface area contributed by atoms with Crippen LogP contribution in [0.1, 0.15) is 17.2 Å². The maximum Gasteiger partial charge on any atom is 0.227 e. The molecule has 0 unspecified atom stereocenters. The molecule has 0 spiro atoms. The van der Waals surface area contributed by atoms with E-state index in [9.17, 15) is 15.0 Å². The number of methoxy groups -OCH3 is 2. The van der Waals surface area contributed by atoms with Crippen LogP contribution in [0.15, 0.2) is 36.4 Å². The number of nitrogens with zero attached hydrogens (tertiary/aromatic N) is 1. The standard InChI is InChI=1S/C21H24ClNO6/c1-27-17-6-4-14(11-18(17)28-2)21-19(12-24)29-8-7-23(21)20(26)10-13-3-5-16(25)15(22)9-13/h3-6,9,11,19,21,24-25H,7-8,10,12H2,1-2H3/t19-,21-/m1/s1. The second-order valence-electron chi connectivity index (χ2n) is 6.70. The average Bonchev–Trinajstić information content (AvgIpc) is 2.75. The zero-order valence-corrected chi connectivity index (χ0v) is 17.1. The lowest BCUT2D eigenvalue weighted by Gasteiger charge is -2.41. The first-order valence-electron chi connectivity index (χ1n) is 9.19. The lowest BCUT2D eigenvalue weighted by atomic mass is 9.97. The van der Waals surface area contributed by atoms with Crippen LogP contribution >= 0.6 is 11.6 Å². The molecule has 1 fully saturated rings. The van der Waals surface area contributed by atoms with Crippen LogP contribution in [-0.4, -0.2) is 61.1 Å². The highest BCUT2D eigenvalue weighted by atomic mass is 35.5. The second-order valence-corrected chi connectivity index (χ2v) is 7.11. The molecule has 1 amide bonds. The number of hydrogen-bond donors (Lipinski definition) is 2. The Balaban J connectivity index is 1.90. The predicted octanol–water partition coefficient (Wildman–Crippen LogP) is 2.57. The van der Waals surface area contributed by atoms with E-state index in [0.717, 1.165) is 5.56 Å². The van der Waals surface area contributed by atoms with Crippen LogP contribution in [0.3, 0.4) is 0 Å². The molecule has 2 aromatic rings. The van der Waals surface area contributed by atoms with Gasteiger partial charge in [-0.2, -0.15) is 0 Å². The van der Waals surface area contributed by atoms with Crippen molar-refractivity contribution in [1.82, 2.24) is 4.90 Å². The van der Waals surface area contributed by atoms with Crippen LogP contribution in [0.4, 0.5) is 0 Å². The van der Waals surface area contributed by atoms with Crippen molar-refractivity contribution >= 4 is 17.5 Å². The summed E-state index contributed by atoms with van der Waals surface area (Å²) in [6.07, 6.45) is -0.448. The number of carbonyl (C=O) groups excluding carboxylic acids is 1. The SMILES string of the molecule is COc1ccc([C@@H]2[C@@H](CO)OCCN2C(=O)Cc2ccc(O)c(Cl)c2)cc1OC. The van der Waals surface area contributed by atoms with Gasteiger partial charge in [0.15, 0.2) is 11.5 Å². The van der Waals surface area contributed by atoms with E-state index >= 15 is 0 Å². The second kappa shape index (κ2) is 9.35. The number of ether oxygens (including phenoxy) is 3. The number of morpholine rings is 1. The summed E-state index contributed by atoms with van der Waals surface area (Å²) in [5, 5.41) is 19.6. The quantitative estimate of drug-likeness (QED) is 0.745. The van der Waals surface area contributed by atoms with E-state index < -0.39 is 12.1 Å². The number of phenols is 1. The minimum absolute atomic E-state index is 0.0298. The van der Waals surface area contributed by atoms with E-state index in [1.165, 1.54) is 6.07 Å². The zero-order valence-electron chi connectivity index (χ0n) is 16.3. The Morgan fingerprint density at radius 3 is 2.62 bits per heavy atom. The molecule has 2 atom stereocenters. The molecule has 0 aromatic heterocycles. The molecule has 3 rings (SSSR count). The lowest BCUT2D eigenvalue weighted by Crippen LogP contribution is -2.49. The molecule has 29 heavy (non-hydrogen) atoms. The summed E-state index contributed by atoms with van der Waals surface area (Å²) >= 11 is 5.96. The molecule has 0 aliphatic carbocycles. The van der Waals surface area contributed by atoms with Crippen LogP contribution in [0.5, 0.6) is 17.2 Å². The molecule has 0 saturated carbocycles. The fourth-order valence-corrected chi connectivity index (χ4v) is 3.74. The van der Waals surface area contributed by atoms with Gasteiger partial charge in [0.25, 0.3) is 0 Å². The number of benzene rings is 2. The Morgan fingerprint density at radius 2 is 1.97 bits per heavy atom. The van der Waals surface area contributed by atoms with Crippen LogP contribution in [0, 0.1) is 0 Å². The van der Waals surface area contributed by atoms with E-state index in [2.05, 4.69) is 0 Å². The predicted molar refractivity (Wildman–Crippen MR) is 108 cm³/mol. The highest BCUT2D eigenvalue weighted by Crippen LogP contribution is 2.36. The number of aliphatic hydroxyl groups is 1. The van der Waals surface area contributed by atoms with E-state index in [1.807, 2.05) is 6.07 Å². The van der Waals surface area contributed by atoms with Crippen molar-refractivity contribution in [3.8, 4) is 17.2 Å². The first kappa shape index (κ1) is 21.2. The minimum Gasteiger partial charge on any atom is -0.506 e. The van der Waals surface area contributed by atoms with E-state index in [1.54, 1.807) is 43.4 Å². The van der Waals surface area contributed by atoms with Gasteiger partial charge in [-0.3, -0.25) is 4.79 Å². The van der Waals surface area contributed by atoms with Crippen LogP contribution in [0.25, 0.3) is 0 Å². The van der Waals surface area contributed by atoms with E-state index in [-0.39, 0.29) is 29.7 Å². The fourth-order valence-electron chi connectivity index (χ4n) is 3.53. The molecule has 8 heteroatoms. The Kier molecular flexibility index (Phi) is 6.84. The Bertz CT molecular complexity index is 874. The number of aliphatic hydroxyl groups excluding tert-OH is 1. The van der Waals surface area contributed by atoms with E-state index in [4.69, 9.17) is 25.8 Å². The normalized spacial score (nSPS) is 19.1. The summed E-state index contributed by atoms with van der Waals surface area (Å²) < 4.78 is 16.4. The summed E-state index contributed by atoms with van der Waals surface area (Å²) in [6.45, 7) is 0.491. The van der Waals surface area contributed by atoms with Crippen LogP contribution in [-0.2, 0) is 16.0 Å². The number of halogens is 1. The summed E-state index contributed by atoms with van der Waals surface area (Å²) in [7, 11) is 3.09. The third kappa shape index (κ3) is 4.58. The molecule has 1 saturated heterocycles. The van der Waals surface area contributed by atoms with Crippen molar-refractivity contribution < 1.29 is 29.2 Å². The first-order valence-corrected chi connectivity index (χ1v) is 9.57. The van der Waals surface area contributed by atoms with Gasteiger partial charge in [0, 0.05) is 6.54 Å². The average molecular weight is 422 g/mol. The molecule has 2 aromatic carbocycles. The Hall–Kier alpha value is -2.48. The van der Waals surface area contributed by atoms with Gasteiger partial charge in [-0.05, 0) is 35.4 Å². The largest absolute Gasteiger partial charge is 0.506 e. The van der Waals surface area contributed by atoms with Gasteiger partial charge in [-0.25, -0.2) is 0 Å². The Morgan fingerprint density at radius 1 is 1.21 bits per heavy atom. The summed E-state index contributed by atoms with van der Waals surface area (Å²) in [5.74, 6) is 0.946. The van der Waals surface area contributed by atoms with Gasteiger partial charge in [0.2, 0.25) is 5.91 Å². The van der Waals surface area contributed by atoms with Gasteiger partial charge < -0.3 is 29.3 Å². The molecule has 2 N–H and O–H groups in total. The van der Waals surface area contributed by atoms with Crippen molar-refractivity contribution in [2.75, 3.05) is 34.0 Å². The van der Waals surface area contributed by atoms with Gasteiger partial charge in [-0.15, -0.1) is 0 Å². The molecule has 1 heterocycles. The maximum atomic E-state index is 13.1. The summed E-state index contributed by atoms with van der Waals surface area (Å²) in [5.41, 5.74) is 1.47. The van der Waals surface area contributed by atoms with E-state index in [0.29, 0.717) is 30.2 Å². The zero-order chi connectivity index (χ0) is 21.0. The lowest BCUT2D eigenvalue weighted by molar-refractivity contribution is -0.149. The molecule has 0 radical (unpaired) electrons. The number of amides is 1. The summed E-state index contributed by atoms with van der Waals surface area (Å²) in [6, 6.07) is 9.61. The van der Waals surface area contributed by atoms with Gasteiger partial charge in [0.1, 0.15) is 11.9 Å². The van der Waals surface area contributed by atoms with Gasteiger partial charge >= 0.3 is 0 Å². The molecule has 7 nitrogen and oxygen atoms in total. The molecule has 156 valence electrons. The molecule has 1 aliphatic heterocycles. The number of phenolic OH excluding ortho intramolecular Hbond substituents is 1. The Labute approximate surface area is 174 Å². The fraction of sp³-hybridized carbons (Fsp3) is 0.381. The summed E-state index contributed by atoms with van der Waals surface area (Å²) in [4.78, 5) is 14.8. The topological polar surface area (TPSA) is 88.5 Å². The monoisotopic (exact) mass is 421 g/mol. The smallest absolute Gasteiger partial charge is 0.227 e. The number of rotatable bonds is 6. The highest BCUT2D eigenvalue weighted by molar-refractivity contribution is 6.32. The van der Waals surface area contributed by atoms with Crippen molar-refractivity contribution in [2.45, 2.75) is 18.6 Å². The van der Waals surface area contributed by atoms with Crippen LogP contribution < -0.4 is 9.47 Å². The van der Waals surface area contributed by atoms with Crippen molar-refractivity contribution in [3.63, 3.8) is 0 Å². The first-order chi connectivity index (χ1) is 14.0. The highest BCUT2D eigenvalue weighted by Gasteiger charge is 2.36. The van der Waals surface area contributed by atoms with Gasteiger partial charge in [0.05, 0.1) is 44.9 Å². The number of carbonyl (C=O) groups is 1. The van der Waals surface area contributed by atoms with Crippen LogP contribution in [0.2, 0.25) is 5.02 Å².